The van der Waals surface area contributed by atoms with E-state index in [9.17, 15) is 9.59 Å². The van der Waals surface area contributed by atoms with Gasteiger partial charge in [-0.3, -0.25) is 9.69 Å². The van der Waals surface area contributed by atoms with Crippen LogP contribution in [0.1, 0.15) is 39.3 Å². The van der Waals surface area contributed by atoms with Crippen molar-refractivity contribution in [1.82, 2.24) is 10.2 Å². The van der Waals surface area contributed by atoms with Gasteiger partial charge in [0.1, 0.15) is 12.6 Å². The predicted octanol–water partition coefficient (Wildman–Crippen LogP) is 3.46. The molecule has 0 spiro atoms. The molecular weight excluding hydrogens is 360 g/mol. The van der Waals surface area contributed by atoms with Gasteiger partial charge in [-0.25, -0.2) is 4.79 Å². The fraction of sp³-hybridized carbons (Fsp3) is 0.600. The number of benzene rings is 1. The van der Waals surface area contributed by atoms with Crippen LogP contribution < -0.4 is 5.32 Å². The summed E-state index contributed by atoms with van der Waals surface area (Å²) in [7, 11) is -1.99. The van der Waals surface area contributed by atoms with Gasteiger partial charge in [0.25, 0.3) is 0 Å². The fourth-order valence-electron chi connectivity index (χ4n) is 3.46. The quantitative estimate of drug-likeness (QED) is 0.618. The third-order valence-electron chi connectivity index (χ3n) is 6.11. The topological polar surface area (TPSA) is 67.9 Å². The molecule has 0 aromatic heterocycles. The molecular formula is C20H30N2O4Si. The Balaban J connectivity index is 1.80. The summed E-state index contributed by atoms with van der Waals surface area (Å²) in [5.41, 5.74) is 0.972. The van der Waals surface area contributed by atoms with Crippen molar-refractivity contribution in [2.24, 2.45) is 0 Å². The number of β-lactam (4-membered cyclic amide) rings is 1. The van der Waals surface area contributed by atoms with E-state index in [0.29, 0.717) is 0 Å². The van der Waals surface area contributed by atoms with Gasteiger partial charge in [-0.2, -0.15) is 0 Å². The number of carbonyl (C=O) groups is 2. The number of hydrogen-bond acceptors (Lipinski definition) is 4. The maximum absolute atomic E-state index is 12.4. The van der Waals surface area contributed by atoms with E-state index < -0.39 is 20.5 Å². The average molecular weight is 391 g/mol. The third-order valence-corrected chi connectivity index (χ3v) is 10.7. The zero-order valence-electron chi connectivity index (χ0n) is 17.0. The van der Waals surface area contributed by atoms with Crippen molar-refractivity contribution in [2.45, 2.75) is 70.1 Å². The van der Waals surface area contributed by atoms with Gasteiger partial charge < -0.3 is 14.5 Å². The zero-order valence-corrected chi connectivity index (χ0v) is 18.0. The van der Waals surface area contributed by atoms with Crippen LogP contribution in [-0.2, 0) is 14.0 Å². The normalized spacial score (nSPS) is 27.0. The molecule has 4 atom stereocenters. The minimum Gasteiger partial charge on any atom is -0.447 e. The van der Waals surface area contributed by atoms with Crippen molar-refractivity contribution in [3.63, 3.8) is 0 Å². The number of nitrogens with zero attached hydrogens (tertiary/aromatic N) is 1. The van der Waals surface area contributed by atoms with E-state index in [1.165, 1.54) is 0 Å². The number of carbonyl (C=O) groups excluding carboxylic acids is 2. The highest BCUT2D eigenvalue weighted by Gasteiger charge is 2.54. The standard InChI is InChI=1S/C20H30N2O4Si/c1-13(26-27(5,6)20(2,3)4)16-17(18(23)21-16)22-15(12-25-19(22)24)14-10-8-7-9-11-14/h7-11,13,15-17H,12H2,1-6H3,(H,21,23)/t13-,15+,16-,17-/m0/s1. The molecule has 2 fully saturated rings. The summed E-state index contributed by atoms with van der Waals surface area (Å²) < 4.78 is 11.8. The lowest BCUT2D eigenvalue weighted by atomic mass is 9.91. The predicted molar refractivity (Wildman–Crippen MR) is 106 cm³/mol. The van der Waals surface area contributed by atoms with E-state index in [2.05, 4.69) is 39.2 Å². The van der Waals surface area contributed by atoms with Gasteiger partial charge in [-0.1, -0.05) is 51.1 Å². The van der Waals surface area contributed by atoms with E-state index >= 15 is 0 Å². The SMILES string of the molecule is C[C@H](O[Si](C)(C)C(C)(C)C)[C@@H]1NC(=O)[C@H]1N1C(=O)OC[C@@H]1c1ccccc1. The number of nitrogens with one attached hydrogen (secondary N) is 1. The second-order valence-electron chi connectivity index (χ2n) is 8.97. The summed E-state index contributed by atoms with van der Waals surface area (Å²) in [6.45, 7) is 13.2. The second kappa shape index (κ2) is 6.94. The minimum atomic E-state index is -1.99. The Labute approximate surface area is 162 Å². The Hall–Kier alpha value is -1.86. The zero-order chi connectivity index (χ0) is 20.0. The van der Waals surface area contributed by atoms with E-state index in [0.717, 1.165) is 5.56 Å². The molecule has 0 radical (unpaired) electrons. The Morgan fingerprint density at radius 1 is 1.22 bits per heavy atom. The first-order valence-electron chi connectivity index (χ1n) is 9.51. The number of ether oxygens (including phenoxy) is 1. The first-order valence-corrected chi connectivity index (χ1v) is 12.4. The summed E-state index contributed by atoms with van der Waals surface area (Å²) in [6.07, 6.45) is -0.619. The van der Waals surface area contributed by atoms with Gasteiger partial charge in [-0.15, -0.1) is 0 Å². The Kier molecular flexibility index (Phi) is 5.11. The number of amides is 2. The van der Waals surface area contributed by atoms with Crippen molar-refractivity contribution in [1.29, 1.82) is 0 Å². The number of rotatable bonds is 5. The highest BCUT2D eigenvalue weighted by Crippen LogP contribution is 2.39. The van der Waals surface area contributed by atoms with Crippen LogP contribution in [0.4, 0.5) is 4.79 Å². The van der Waals surface area contributed by atoms with Crippen LogP contribution >= 0.6 is 0 Å². The van der Waals surface area contributed by atoms with Gasteiger partial charge in [0.2, 0.25) is 5.91 Å². The molecule has 2 amide bonds. The molecule has 2 aliphatic heterocycles. The van der Waals surface area contributed by atoms with E-state index in [4.69, 9.17) is 9.16 Å². The average Bonchev–Trinajstić information content (AvgIpc) is 2.93. The highest BCUT2D eigenvalue weighted by atomic mass is 28.4. The van der Waals surface area contributed by atoms with Crippen molar-refractivity contribution in [3.8, 4) is 0 Å². The molecule has 27 heavy (non-hydrogen) atoms. The van der Waals surface area contributed by atoms with Crippen molar-refractivity contribution >= 4 is 20.3 Å². The van der Waals surface area contributed by atoms with Crippen LogP contribution in [0, 0.1) is 0 Å². The molecule has 2 saturated heterocycles. The maximum atomic E-state index is 12.4. The lowest BCUT2D eigenvalue weighted by molar-refractivity contribution is -0.139. The summed E-state index contributed by atoms with van der Waals surface area (Å²) in [5.74, 6) is -0.148. The van der Waals surface area contributed by atoms with Crippen LogP contribution in [0.3, 0.4) is 0 Å². The van der Waals surface area contributed by atoms with Gasteiger partial charge in [0, 0.05) is 0 Å². The highest BCUT2D eigenvalue weighted by molar-refractivity contribution is 6.74. The Morgan fingerprint density at radius 3 is 2.41 bits per heavy atom. The minimum absolute atomic E-state index is 0.0731. The first kappa shape index (κ1) is 19.9. The smallest absolute Gasteiger partial charge is 0.411 e. The third kappa shape index (κ3) is 3.62. The van der Waals surface area contributed by atoms with Crippen LogP contribution in [0.15, 0.2) is 30.3 Å². The van der Waals surface area contributed by atoms with Crippen molar-refractivity contribution in [2.75, 3.05) is 6.61 Å². The molecule has 7 heteroatoms. The molecule has 6 nitrogen and oxygen atoms in total. The van der Waals surface area contributed by atoms with Crippen molar-refractivity contribution < 1.29 is 18.8 Å². The van der Waals surface area contributed by atoms with Gasteiger partial charge in [0.15, 0.2) is 8.32 Å². The lowest BCUT2D eigenvalue weighted by Gasteiger charge is -2.48. The largest absolute Gasteiger partial charge is 0.447 e. The van der Waals surface area contributed by atoms with Gasteiger partial charge in [0.05, 0.1) is 18.2 Å². The second-order valence-corrected chi connectivity index (χ2v) is 13.7. The lowest BCUT2D eigenvalue weighted by Crippen LogP contribution is -2.73. The molecule has 0 bridgehead atoms. The first-order chi connectivity index (χ1) is 12.5. The van der Waals surface area contributed by atoms with Gasteiger partial charge in [-0.05, 0) is 30.6 Å². The molecule has 1 aromatic rings. The van der Waals surface area contributed by atoms with Crippen LogP contribution in [0.5, 0.6) is 0 Å². The molecule has 0 aliphatic carbocycles. The molecule has 3 rings (SSSR count). The molecule has 148 valence electrons. The van der Waals surface area contributed by atoms with E-state index in [1.807, 2.05) is 37.3 Å². The molecule has 1 N–H and O–H groups in total. The van der Waals surface area contributed by atoms with Gasteiger partial charge >= 0.3 is 6.09 Å². The summed E-state index contributed by atoms with van der Waals surface area (Å²) in [4.78, 5) is 26.4. The molecule has 1 aromatic carbocycles. The molecule has 0 saturated carbocycles. The summed E-state index contributed by atoms with van der Waals surface area (Å²) in [5, 5.41) is 3.02. The number of cyclic esters (lactones) is 1. The molecule has 2 heterocycles. The number of hydrogen-bond donors (Lipinski definition) is 1. The fourth-order valence-corrected chi connectivity index (χ4v) is 4.89. The Bertz CT molecular complexity index is 716. The van der Waals surface area contributed by atoms with E-state index in [1.54, 1.807) is 4.90 Å². The molecule has 0 unspecified atom stereocenters. The van der Waals surface area contributed by atoms with Crippen LogP contribution in [0.25, 0.3) is 0 Å². The van der Waals surface area contributed by atoms with Crippen molar-refractivity contribution in [3.05, 3.63) is 35.9 Å². The summed E-state index contributed by atoms with van der Waals surface area (Å²) in [6, 6.07) is 8.65. The molecule has 2 aliphatic rings. The summed E-state index contributed by atoms with van der Waals surface area (Å²) >= 11 is 0. The van der Waals surface area contributed by atoms with E-state index in [-0.39, 0.29) is 35.7 Å². The Morgan fingerprint density at radius 2 is 1.85 bits per heavy atom. The maximum Gasteiger partial charge on any atom is 0.411 e. The van der Waals surface area contributed by atoms with Crippen LogP contribution in [-0.4, -0.2) is 50.0 Å². The van der Waals surface area contributed by atoms with Crippen LogP contribution in [0.2, 0.25) is 18.1 Å². The monoisotopic (exact) mass is 390 g/mol.